The van der Waals surface area contributed by atoms with E-state index in [4.69, 9.17) is 0 Å². The van der Waals surface area contributed by atoms with E-state index in [2.05, 4.69) is 0 Å². The van der Waals surface area contributed by atoms with Gasteiger partial charge in [0.2, 0.25) is 0 Å². The summed E-state index contributed by atoms with van der Waals surface area (Å²) in [6.45, 7) is 1.97. The van der Waals surface area contributed by atoms with Crippen LogP contribution in [-0.4, -0.2) is 10.9 Å². The van der Waals surface area contributed by atoms with Crippen LogP contribution in [0.5, 0.6) is 0 Å². The topological polar surface area (TPSA) is 37.3 Å². The van der Waals surface area contributed by atoms with Crippen LogP contribution in [0, 0.1) is 0 Å². The molecule has 1 aromatic rings. The second-order valence-corrected chi connectivity index (χ2v) is 3.41. The number of hydrogen-bond donors (Lipinski definition) is 1. The van der Waals surface area contributed by atoms with Crippen molar-refractivity contribution in [1.82, 2.24) is 0 Å². The number of benzene rings is 1. The highest BCUT2D eigenvalue weighted by Gasteiger charge is 2.09. The van der Waals surface area contributed by atoms with Crippen molar-refractivity contribution in [2.24, 2.45) is 0 Å². The SMILES string of the molecule is CC/C=C\C(=O)C[C@@H](O)c1ccccc1. The smallest absolute Gasteiger partial charge is 0.158 e. The molecule has 0 unspecified atom stereocenters. The summed E-state index contributed by atoms with van der Waals surface area (Å²) in [4.78, 5) is 11.3. The number of ketones is 1. The van der Waals surface area contributed by atoms with E-state index in [1.807, 2.05) is 37.3 Å². The normalized spacial score (nSPS) is 12.9. The van der Waals surface area contributed by atoms with E-state index in [9.17, 15) is 9.90 Å². The predicted molar refractivity (Wildman–Crippen MR) is 60.5 cm³/mol. The fourth-order valence-electron chi connectivity index (χ4n) is 1.30. The summed E-state index contributed by atoms with van der Waals surface area (Å²) in [5, 5.41) is 9.74. The molecule has 0 saturated carbocycles. The van der Waals surface area contributed by atoms with Gasteiger partial charge in [-0.05, 0) is 18.1 Å². The summed E-state index contributed by atoms with van der Waals surface area (Å²) >= 11 is 0. The summed E-state index contributed by atoms with van der Waals surface area (Å²) in [5.41, 5.74) is 0.788. The molecule has 0 spiro atoms. The second-order valence-electron chi connectivity index (χ2n) is 3.41. The lowest BCUT2D eigenvalue weighted by Gasteiger charge is -2.07. The zero-order valence-electron chi connectivity index (χ0n) is 8.89. The Kier molecular flexibility index (Phi) is 4.78. The van der Waals surface area contributed by atoms with E-state index in [1.54, 1.807) is 6.08 Å². The van der Waals surface area contributed by atoms with Crippen LogP contribution < -0.4 is 0 Å². The Bertz CT molecular complexity index is 328. The average Bonchev–Trinajstić information content (AvgIpc) is 2.27. The number of allylic oxidation sites excluding steroid dienone is 2. The van der Waals surface area contributed by atoms with Gasteiger partial charge in [-0.2, -0.15) is 0 Å². The van der Waals surface area contributed by atoms with Crippen molar-refractivity contribution in [1.29, 1.82) is 0 Å². The van der Waals surface area contributed by atoms with Gasteiger partial charge >= 0.3 is 0 Å². The highest BCUT2D eigenvalue weighted by molar-refractivity contribution is 5.90. The van der Waals surface area contributed by atoms with Crippen LogP contribution in [0.4, 0.5) is 0 Å². The van der Waals surface area contributed by atoms with Crippen LogP contribution in [0.1, 0.15) is 31.4 Å². The maximum atomic E-state index is 11.3. The lowest BCUT2D eigenvalue weighted by molar-refractivity contribution is -0.116. The Morgan fingerprint density at radius 2 is 2.07 bits per heavy atom. The minimum Gasteiger partial charge on any atom is -0.388 e. The maximum absolute atomic E-state index is 11.3. The van der Waals surface area contributed by atoms with Crippen LogP contribution in [-0.2, 0) is 4.79 Å². The van der Waals surface area contributed by atoms with E-state index in [0.29, 0.717) is 0 Å². The number of aliphatic hydroxyl groups is 1. The van der Waals surface area contributed by atoms with E-state index in [0.717, 1.165) is 12.0 Å². The molecule has 0 radical (unpaired) electrons. The third-order valence-electron chi connectivity index (χ3n) is 2.12. The predicted octanol–water partition coefficient (Wildman–Crippen LogP) is 2.65. The number of aliphatic hydroxyl groups excluding tert-OH is 1. The molecule has 1 N–H and O–H groups in total. The highest BCUT2D eigenvalue weighted by Crippen LogP contribution is 2.16. The van der Waals surface area contributed by atoms with Gasteiger partial charge in [-0.3, -0.25) is 4.79 Å². The first kappa shape index (κ1) is 11.7. The van der Waals surface area contributed by atoms with Gasteiger partial charge in [0, 0.05) is 6.42 Å². The fourth-order valence-corrected chi connectivity index (χ4v) is 1.30. The minimum absolute atomic E-state index is 0.0341. The first-order chi connectivity index (χ1) is 7.24. The molecule has 1 rings (SSSR count). The molecule has 0 fully saturated rings. The Hall–Kier alpha value is -1.41. The molecule has 0 aliphatic rings. The summed E-state index contributed by atoms with van der Waals surface area (Å²) in [6, 6.07) is 9.23. The van der Waals surface area contributed by atoms with Gasteiger partial charge in [-0.15, -0.1) is 0 Å². The second kappa shape index (κ2) is 6.14. The van der Waals surface area contributed by atoms with Gasteiger partial charge in [-0.25, -0.2) is 0 Å². The number of carbonyl (C=O) groups is 1. The summed E-state index contributed by atoms with van der Waals surface area (Å²) in [7, 11) is 0. The monoisotopic (exact) mass is 204 g/mol. The Morgan fingerprint density at radius 1 is 1.40 bits per heavy atom. The first-order valence-electron chi connectivity index (χ1n) is 5.16. The fraction of sp³-hybridized carbons (Fsp3) is 0.308. The molecule has 80 valence electrons. The quantitative estimate of drug-likeness (QED) is 0.749. The molecule has 0 aliphatic heterocycles. The van der Waals surface area contributed by atoms with Crippen LogP contribution in [0.2, 0.25) is 0 Å². The van der Waals surface area contributed by atoms with Gasteiger partial charge in [-0.1, -0.05) is 43.3 Å². The molecule has 0 heterocycles. The first-order valence-corrected chi connectivity index (χ1v) is 5.16. The van der Waals surface area contributed by atoms with E-state index in [1.165, 1.54) is 6.08 Å². The summed E-state index contributed by atoms with van der Waals surface area (Å²) in [5.74, 6) is -0.0341. The van der Waals surface area contributed by atoms with Gasteiger partial charge < -0.3 is 5.11 Å². The standard InChI is InChI=1S/C13H16O2/c1-2-3-9-12(14)10-13(15)11-7-5-4-6-8-11/h3-9,13,15H,2,10H2,1H3/b9-3-/t13-/m1/s1. The third-order valence-corrected chi connectivity index (χ3v) is 2.12. The van der Waals surface area contributed by atoms with Gasteiger partial charge in [0.25, 0.3) is 0 Å². The van der Waals surface area contributed by atoms with Crippen molar-refractivity contribution < 1.29 is 9.90 Å². The van der Waals surface area contributed by atoms with E-state index >= 15 is 0 Å². The largest absolute Gasteiger partial charge is 0.388 e. The summed E-state index contributed by atoms with van der Waals surface area (Å²) < 4.78 is 0. The van der Waals surface area contributed by atoms with Crippen LogP contribution in [0.3, 0.4) is 0 Å². The van der Waals surface area contributed by atoms with Gasteiger partial charge in [0.15, 0.2) is 5.78 Å². The van der Waals surface area contributed by atoms with E-state index < -0.39 is 6.10 Å². The Balaban J connectivity index is 2.53. The summed E-state index contributed by atoms with van der Waals surface area (Å²) in [6.07, 6.45) is 3.64. The van der Waals surface area contributed by atoms with Crippen LogP contribution >= 0.6 is 0 Å². The van der Waals surface area contributed by atoms with Crippen LogP contribution in [0.15, 0.2) is 42.5 Å². The number of hydrogen-bond acceptors (Lipinski definition) is 2. The van der Waals surface area contributed by atoms with Crippen molar-refractivity contribution in [2.75, 3.05) is 0 Å². The van der Waals surface area contributed by atoms with E-state index in [-0.39, 0.29) is 12.2 Å². The Labute approximate surface area is 90.3 Å². The van der Waals surface area contributed by atoms with Gasteiger partial charge in [0.1, 0.15) is 0 Å². The molecular formula is C13H16O2. The molecule has 0 aliphatic carbocycles. The highest BCUT2D eigenvalue weighted by atomic mass is 16.3. The molecular weight excluding hydrogens is 188 g/mol. The van der Waals surface area contributed by atoms with Gasteiger partial charge in [0.05, 0.1) is 6.10 Å². The molecule has 0 saturated heterocycles. The lowest BCUT2D eigenvalue weighted by atomic mass is 10.0. The molecule has 1 aromatic carbocycles. The zero-order valence-corrected chi connectivity index (χ0v) is 8.89. The minimum atomic E-state index is -0.694. The molecule has 2 heteroatoms. The maximum Gasteiger partial charge on any atom is 0.158 e. The molecule has 1 atom stereocenters. The number of rotatable bonds is 5. The Morgan fingerprint density at radius 3 is 2.67 bits per heavy atom. The molecule has 2 nitrogen and oxygen atoms in total. The van der Waals surface area contributed by atoms with Crippen molar-refractivity contribution >= 4 is 5.78 Å². The van der Waals surface area contributed by atoms with Crippen LogP contribution in [0.25, 0.3) is 0 Å². The number of carbonyl (C=O) groups excluding carboxylic acids is 1. The molecule has 0 aromatic heterocycles. The van der Waals surface area contributed by atoms with Crippen molar-refractivity contribution in [3.8, 4) is 0 Å². The average molecular weight is 204 g/mol. The molecule has 15 heavy (non-hydrogen) atoms. The van der Waals surface area contributed by atoms with Crippen molar-refractivity contribution in [3.05, 3.63) is 48.0 Å². The third kappa shape index (κ3) is 4.09. The van der Waals surface area contributed by atoms with Crippen molar-refractivity contribution in [2.45, 2.75) is 25.9 Å². The molecule has 0 amide bonds. The lowest BCUT2D eigenvalue weighted by Crippen LogP contribution is -2.03. The zero-order chi connectivity index (χ0) is 11.1. The molecule has 0 bridgehead atoms. The van der Waals surface area contributed by atoms with Crippen molar-refractivity contribution in [3.63, 3.8) is 0 Å².